The van der Waals surface area contributed by atoms with Gasteiger partial charge in [0.2, 0.25) is 17.3 Å². The topological polar surface area (TPSA) is 191 Å². The summed E-state index contributed by atoms with van der Waals surface area (Å²) in [7, 11) is 1.45. The van der Waals surface area contributed by atoms with Gasteiger partial charge in [-0.3, -0.25) is 19.2 Å². The maximum Gasteiger partial charge on any atom is 0.602 e. The van der Waals surface area contributed by atoms with Crippen molar-refractivity contribution < 1.29 is 47.6 Å². The lowest BCUT2D eigenvalue weighted by Crippen LogP contribution is -2.55. The number of amides is 2. The van der Waals surface area contributed by atoms with E-state index in [4.69, 9.17) is 14.0 Å². The van der Waals surface area contributed by atoms with E-state index in [-0.39, 0.29) is 12.3 Å². The van der Waals surface area contributed by atoms with E-state index in [1.165, 1.54) is 17.9 Å². The van der Waals surface area contributed by atoms with Crippen molar-refractivity contribution >= 4 is 40.6 Å². The van der Waals surface area contributed by atoms with Gasteiger partial charge in [-0.2, -0.15) is 9.78 Å². The van der Waals surface area contributed by atoms with E-state index in [0.29, 0.717) is 28.2 Å². The molecule has 2 atom stereocenters. The summed E-state index contributed by atoms with van der Waals surface area (Å²) in [6.07, 6.45) is -0.326. The van der Waals surface area contributed by atoms with E-state index in [9.17, 15) is 29.1 Å². The summed E-state index contributed by atoms with van der Waals surface area (Å²) in [5.41, 5.74) is 1.60. The highest BCUT2D eigenvalue weighted by molar-refractivity contribution is 5.96. The molecule has 0 bridgehead atoms. The van der Waals surface area contributed by atoms with Crippen LogP contribution in [0.4, 0.5) is 4.79 Å². The molecule has 4 aromatic rings. The number of pyridine rings is 1. The third-order valence-electron chi connectivity index (χ3n) is 7.00. The van der Waals surface area contributed by atoms with Crippen molar-refractivity contribution in [1.29, 1.82) is 0 Å². The number of carboxylic acids is 1. The van der Waals surface area contributed by atoms with Gasteiger partial charge in [0.25, 0.3) is 5.89 Å². The first-order valence-corrected chi connectivity index (χ1v) is 14.3. The van der Waals surface area contributed by atoms with Crippen LogP contribution >= 0.6 is 0 Å². The fourth-order valence-corrected chi connectivity index (χ4v) is 4.70. The quantitative estimate of drug-likeness (QED) is 0.183. The number of nitrogens with one attached hydrogen (secondary N) is 2. The predicted octanol–water partition coefficient (Wildman–Crippen LogP) is 2.39. The zero-order valence-electron chi connectivity index (χ0n) is 25.7. The number of aryl methyl sites for hydroxylation is 1. The third kappa shape index (κ3) is 8.28. The Morgan fingerprint density at radius 1 is 1.02 bits per heavy atom. The maximum absolute atomic E-state index is 13.3. The fourth-order valence-electron chi connectivity index (χ4n) is 4.70. The monoisotopic (exact) mass is 632 g/mol. The molecule has 14 nitrogen and oxygen atoms in total. The minimum absolute atomic E-state index is 0.181. The Hall–Kier alpha value is -5.66. The standard InChI is InChI=1S/C32H33N5O9/c1-18(2)29(35-27(39)15-22-14-21(11-12-26(22)44-4)31-33-19(3)36-46-31)30(42)34-23(16-28(40)41)25(38)17-45-32(43)37-13-7-9-20-8-5-6-10-24(20)37/h5-14,18,23,29H,15-17H2,1-4H3,(H2-,34,35,39,40,41,42)/p+1/t23?,29-/m0/s1. The number of rotatable bonds is 13. The number of para-hydroxylation sites is 1. The summed E-state index contributed by atoms with van der Waals surface area (Å²) in [5.74, 6) is -2.83. The summed E-state index contributed by atoms with van der Waals surface area (Å²) in [6, 6.07) is 12.9. The molecule has 3 N–H and O–H groups in total. The highest BCUT2D eigenvalue weighted by Gasteiger charge is 2.32. The Morgan fingerprint density at radius 2 is 1.76 bits per heavy atom. The van der Waals surface area contributed by atoms with Gasteiger partial charge in [0.05, 0.1) is 20.0 Å². The molecule has 2 amide bonds. The highest BCUT2D eigenvalue weighted by Crippen LogP contribution is 2.26. The van der Waals surface area contributed by atoms with E-state index < -0.39 is 60.7 Å². The number of hydrogen-bond donors (Lipinski definition) is 3. The van der Waals surface area contributed by atoms with Crippen molar-refractivity contribution in [3.05, 3.63) is 72.2 Å². The second-order valence-electron chi connectivity index (χ2n) is 10.8. The largest absolute Gasteiger partial charge is 0.602 e. The average molecular weight is 633 g/mol. The number of ketones is 1. The van der Waals surface area contributed by atoms with Gasteiger partial charge in [-0.05, 0) is 43.2 Å². The van der Waals surface area contributed by atoms with Gasteiger partial charge in [-0.25, -0.2) is 0 Å². The molecule has 0 saturated heterocycles. The zero-order chi connectivity index (χ0) is 33.4. The number of ether oxygens (including phenoxy) is 2. The number of aromatic nitrogens is 3. The summed E-state index contributed by atoms with van der Waals surface area (Å²) < 4.78 is 17.0. The first kappa shape index (κ1) is 33.2. The predicted molar refractivity (Wildman–Crippen MR) is 162 cm³/mol. The molecule has 14 heteroatoms. The van der Waals surface area contributed by atoms with E-state index in [2.05, 4.69) is 20.8 Å². The van der Waals surface area contributed by atoms with Crippen LogP contribution in [0.15, 0.2) is 65.3 Å². The molecule has 0 aliphatic heterocycles. The minimum atomic E-state index is -1.52. The van der Waals surface area contributed by atoms with Gasteiger partial charge < -0.3 is 29.7 Å². The summed E-state index contributed by atoms with van der Waals surface area (Å²) in [6.45, 7) is 4.25. The van der Waals surface area contributed by atoms with Crippen molar-refractivity contribution in [3.8, 4) is 17.2 Å². The van der Waals surface area contributed by atoms with Gasteiger partial charge in [-0.15, -0.1) is 0 Å². The normalized spacial score (nSPS) is 12.3. The number of carbonyl (C=O) groups excluding carboxylic acids is 4. The summed E-state index contributed by atoms with van der Waals surface area (Å²) in [4.78, 5) is 68.0. The van der Waals surface area contributed by atoms with Crippen molar-refractivity contribution in [3.63, 3.8) is 0 Å². The third-order valence-corrected chi connectivity index (χ3v) is 7.00. The molecule has 2 aromatic heterocycles. The fraction of sp³-hybridized carbons (Fsp3) is 0.312. The second-order valence-corrected chi connectivity index (χ2v) is 10.8. The van der Waals surface area contributed by atoms with Crippen molar-refractivity contribution in [1.82, 2.24) is 20.8 Å². The Kier molecular flexibility index (Phi) is 10.8. The van der Waals surface area contributed by atoms with E-state index in [0.717, 1.165) is 5.39 Å². The van der Waals surface area contributed by atoms with Crippen LogP contribution in [0.5, 0.6) is 5.75 Å². The smallest absolute Gasteiger partial charge is 0.496 e. The maximum atomic E-state index is 13.3. The Bertz CT molecular complexity index is 1760. The van der Waals surface area contributed by atoms with Crippen LogP contribution in [0.2, 0.25) is 0 Å². The number of Topliss-reactive ketones (excluding diaryl/α,β-unsaturated/α-hetero) is 1. The molecule has 0 aliphatic carbocycles. The number of hydrogen-bond acceptors (Lipinski definition) is 10. The van der Waals surface area contributed by atoms with E-state index in [1.54, 1.807) is 75.4 Å². The van der Waals surface area contributed by atoms with Gasteiger partial charge in [0.15, 0.2) is 24.4 Å². The van der Waals surface area contributed by atoms with Crippen LogP contribution in [0.1, 0.15) is 31.7 Å². The molecule has 0 saturated carbocycles. The Labute approximate surface area is 263 Å². The van der Waals surface area contributed by atoms with Crippen molar-refractivity contribution in [2.24, 2.45) is 5.92 Å². The molecule has 4 rings (SSSR count). The Balaban J connectivity index is 1.42. The highest BCUT2D eigenvalue weighted by atomic mass is 16.6. The number of carbonyl (C=O) groups is 5. The minimum Gasteiger partial charge on any atom is -0.496 e. The number of methoxy groups -OCH3 is 1. The van der Waals surface area contributed by atoms with Crippen molar-refractivity contribution in [2.45, 2.75) is 45.7 Å². The van der Waals surface area contributed by atoms with E-state index in [1.807, 2.05) is 0 Å². The molecule has 2 aromatic carbocycles. The van der Waals surface area contributed by atoms with Gasteiger partial charge in [-0.1, -0.05) is 35.7 Å². The number of carboxylic acid groups (broad SMARTS) is 1. The lowest BCUT2D eigenvalue weighted by molar-refractivity contribution is -0.558. The van der Waals surface area contributed by atoms with Gasteiger partial charge in [0, 0.05) is 28.6 Å². The molecule has 240 valence electrons. The molecule has 2 heterocycles. The van der Waals surface area contributed by atoms with Crippen molar-refractivity contribution in [2.75, 3.05) is 13.7 Å². The van der Waals surface area contributed by atoms with Crippen LogP contribution < -0.4 is 19.9 Å². The van der Waals surface area contributed by atoms with E-state index >= 15 is 0 Å². The molecule has 0 spiro atoms. The van der Waals surface area contributed by atoms with Crippen LogP contribution in [-0.4, -0.2) is 70.7 Å². The zero-order valence-corrected chi connectivity index (χ0v) is 25.7. The van der Waals surface area contributed by atoms with Crippen LogP contribution in [0.3, 0.4) is 0 Å². The lowest BCUT2D eigenvalue weighted by atomic mass is 10.0. The first-order chi connectivity index (χ1) is 22.0. The number of benzene rings is 2. The first-order valence-electron chi connectivity index (χ1n) is 14.3. The summed E-state index contributed by atoms with van der Waals surface area (Å²) in [5, 5.41) is 19.0. The Morgan fingerprint density at radius 3 is 2.43 bits per heavy atom. The van der Waals surface area contributed by atoms with Gasteiger partial charge in [0.1, 0.15) is 17.8 Å². The number of fused-ring (bicyclic) bond motifs is 1. The summed E-state index contributed by atoms with van der Waals surface area (Å²) >= 11 is 0. The van der Waals surface area contributed by atoms with Crippen LogP contribution in [0.25, 0.3) is 22.4 Å². The molecule has 0 radical (unpaired) electrons. The number of aliphatic carboxylic acids is 1. The number of nitrogens with zero attached hydrogens (tertiary/aromatic N) is 3. The molecule has 46 heavy (non-hydrogen) atoms. The van der Waals surface area contributed by atoms with Crippen LogP contribution in [-0.2, 0) is 30.3 Å². The molecular formula is C32H34N5O9+. The van der Waals surface area contributed by atoms with Crippen LogP contribution in [0, 0.1) is 12.8 Å². The molecular weight excluding hydrogens is 598 g/mol. The molecule has 0 fully saturated rings. The lowest BCUT2D eigenvalue weighted by Gasteiger charge is -2.24. The second kappa shape index (κ2) is 14.9. The SMILES string of the molecule is COc1ccc(-c2nc(C)no2)cc1CC(=O)N[C@H](C(=O)NC(CC(=O)O)C(=O)COC(=O)[n+]1cccc2ccccc21)C(C)C. The average Bonchev–Trinajstić information content (AvgIpc) is 3.47. The molecule has 0 aliphatic rings. The van der Waals surface area contributed by atoms with Gasteiger partial charge >= 0.3 is 12.1 Å². The molecule has 1 unspecified atom stereocenters.